The smallest absolute Gasteiger partial charge is 0.0414 e. The van der Waals surface area contributed by atoms with Crippen molar-refractivity contribution in [1.82, 2.24) is 4.90 Å². The summed E-state index contributed by atoms with van der Waals surface area (Å²) in [5, 5.41) is 0. The number of benzene rings is 1. The number of nitrogens with two attached hydrogens (primary N) is 1. The lowest BCUT2D eigenvalue weighted by Crippen LogP contribution is -2.28. The first-order valence-electron chi connectivity index (χ1n) is 5.22. The predicted molar refractivity (Wildman–Crippen MR) is 67.4 cm³/mol. The first-order valence-corrected chi connectivity index (χ1v) is 5.22. The quantitative estimate of drug-likeness (QED) is 0.761. The Labute approximate surface area is 92.5 Å². The summed E-state index contributed by atoms with van der Waals surface area (Å²) < 4.78 is 0. The number of hydrogen-bond acceptors (Lipinski definition) is 3. The molecular formula is C12H21N3. The third kappa shape index (κ3) is 3.44. The normalized spacial score (nSPS) is 10.7. The summed E-state index contributed by atoms with van der Waals surface area (Å²) >= 11 is 0. The molecule has 0 aliphatic heterocycles. The Morgan fingerprint density at radius 3 is 2.40 bits per heavy atom. The number of likely N-dealkylation sites (N-methyl/N-ethyl adjacent to an activating group) is 2. The van der Waals surface area contributed by atoms with Gasteiger partial charge in [-0.3, -0.25) is 0 Å². The topological polar surface area (TPSA) is 32.5 Å². The van der Waals surface area contributed by atoms with E-state index in [1.54, 1.807) is 0 Å². The molecule has 0 aliphatic rings. The second-order valence-corrected chi connectivity index (χ2v) is 4.27. The van der Waals surface area contributed by atoms with Gasteiger partial charge in [-0.1, -0.05) is 6.07 Å². The molecule has 0 amide bonds. The highest BCUT2D eigenvalue weighted by atomic mass is 15.2. The highest BCUT2D eigenvalue weighted by molar-refractivity contribution is 5.60. The Bertz CT molecular complexity index is 321. The zero-order valence-electron chi connectivity index (χ0n) is 10.1. The van der Waals surface area contributed by atoms with Crippen molar-refractivity contribution in [1.29, 1.82) is 0 Å². The average Bonchev–Trinajstić information content (AvgIpc) is 2.18. The lowest BCUT2D eigenvalue weighted by Gasteiger charge is -2.23. The minimum absolute atomic E-state index is 0.826. The van der Waals surface area contributed by atoms with E-state index in [9.17, 15) is 0 Å². The van der Waals surface area contributed by atoms with Gasteiger partial charge in [0.25, 0.3) is 0 Å². The molecule has 1 aromatic rings. The van der Waals surface area contributed by atoms with Crippen LogP contribution >= 0.6 is 0 Å². The van der Waals surface area contributed by atoms with Gasteiger partial charge >= 0.3 is 0 Å². The van der Waals surface area contributed by atoms with Crippen LogP contribution in [0.5, 0.6) is 0 Å². The van der Waals surface area contributed by atoms with Crippen molar-refractivity contribution in [2.24, 2.45) is 0 Å². The van der Waals surface area contributed by atoms with E-state index in [-0.39, 0.29) is 0 Å². The van der Waals surface area contributed by atoms with Gasteiger partial charge in [0.1, 0.15) is 0 Å². The number of rotatable bonds is 4. The molecule has 1 rings (SSSR count). The van der Waals surface area contributed by atoms with E-state index in [0.29, 0.717) is 0 Å². The van der Waals surface area contributed by atoms with Gasteiger partial charge in [-0.2, -0.15) is 0 Å². The summed E-state index contributed by atoms with van der Waals surface area (Å²) in [7, 11) is 6.27. The van der Waals surface area contributed by atoms with Crippen LogP contribution in [0.2, 0.25) is 0 Å². The standard InChI is InChI=1S/C12H21N3/c1-10-5-6-11(13)9-12(10)15(4)8-7-14(2)3/h5-6,9H,7-8,13H2,1-4H3. The summed E-state index contributed by atoms with van der Waals surface area (Å²) in [6.07, 6.45) is 0. The second kappa shape index (κ2) is 5.03. The van der Waals surface area contributed by atoms with Gasteiger partial charge in [0, 0.05) is 31.5 Å². The Hall–Kier alpha value is -1.22. The van der Waals surface area contributed by atoms with Crippen LogP contribution in [0.4, 0.5) is 11.4 Å². The molecular weight excluding hydrogens is 186 g/mol. The fourth-order valence-corrected chi connectivity index (χ4v) is 1.51. The molecule has 0 radical (unpaired) electrons. The Kier molecular flexibility index (Phi) is 3.97. The van der Waals surface area contributed by atoms with Gasteiger partial charge in [0.15, 0.2) is 0 Å². The van der Waals surface area contributed by atoms with Crippen LogP contribution < -0.4 is 10.6 Å². The number of hydrogen-bond donors (Lipinski definition) is 1. The molecule has 0 aromatic heterocycles. The molecule has 15 heavy (non-hydrogen) atoms. The largest absolute Gasteiger partial charge is 0.399 e. The van der Waals surface area contributed by atoms with E-state index in [1.807, 2.05) is 12.1 Å². The molecule has 3 heteroatoms. The summed E-state index contributed by atoms with van der Waals surface area (Å²) in [5.74, 6) is 0. The predicted octanol–water partition coefficient (Wildman–Crippen LogP) is 1.58. The zero-order valence-corrected chi connectivity index (χ0v) is 10.1. The van der Waals surface area contributed by atoms with Crippen molar-refractivity contribution in [3.05, 3.63) is 23.8 Å². The highest BCUT2D eigenvalue weighted by Crippen LogP contribution is 2.21. The summed E-state index contributed by atoms with van der Waals surface area (Å²) in [4.78, 5) is 4.42. The lowest BCUT2D eigenvalue weighted by molar-refractivity contribution is 0.416. The summed E-state index contributed by atoms with van der Waals surface area (Å²) in [6, 6.07) is 6.04. The van der Waals surface area contributed by atoms with Crippen LogP contribution in [-0.2, 0) is 0 Å². The van der Waals surface area contributed by atoms with Gasteiger partial charge < -0.3 is 15.5 Å². The molecule has 0 aliphatic carbocycles. The molecule has 2 N–H and O–H groups in total. The van der Waals surface area contributed by atoms with Gasteiger partial charge in [-0.25, -0.2) is 0 Å². The van der Waals surface area contributed by atoms with E-state index >= 15 is 0 Å². The number of anilines is 2. The SMILES string of the molecule is Cc1ccc(N)cc1N(C)CCN(C)C. The molecule has 0 heterocycles. The molecule has 0 unspecified atom stereocenters. The molecule has 0 atom stereocenters. The van der Waals surface area contributed by atoms with Crippen molar-refractivity contribution in [2.45, 2.75) is 6.92 Å². The van der Waals surface area contributed by atoms with Crippen molar-refractivity contribution in [3.63, 3.8) is 0 Å². The third-order valence-corrected chi connectivity index (χ3v) is 2.53. The van der Waals surface area contributed by atoms with Gasteiger partial charge in [0.2, 0.25) is 0 Å². The van der Waals surface area contributed by atoms with Crippen LogP contribution in [0.25, 0.3) is 0 Å². The van der Waals surface area contributed by atoms with Crippen molar-refractivity contribution >= 4 is 11.4 Å². The summed E-state index contributed by atoms with van der Waals surface area (Å²) in [5.41, 5.74) is 9.10. The minimum Gasteiger partial charge on any atom is -0.399 e. The van der Waals surface area contributed by atoms with Gasteiger partial charge in [-0.05, 0) is 38.7 Å². The van der Waals surface area contributed by atoms with Gasteiger partial charge in [0.05, 0.1) is 0 Å². The second-order valence-electron chi connectivity index (χ2n) is 4.27. The van der Waals surface area contributed by atoms with E-state index in [1.165, 1.54) is 11.3 Å². The molecule has 0 saturated heterocycles. The van der Waals surface area contributed by atoms with Crippen molar-refractivity contribution in [2.75, 3.05) is 44.9 Å². The van der Waals surface area contributed by atoms with Gasteiger partial charge in [-0.15, -0.1) is 0 Å². The average molecular weight is 207 g/mol. The number of nitrogens with zero attached hydrogens (tertiary/aromatic N) is 2. The minimum atomic E-state index is 0.826. The van der Waals surface area contributed by atoms with E-state index in [2.05, 4.69) is 43.9 Å². The van der Waals surface area contributed by atoms with E-state index < -0.39 is 0 Å². The fraction of sp³-hybridized carbons (Fsp3) is 0.500. The van der Waals surface area contributed by atoms with Crippen molar-refractivity contribution in [3.8, 4) is 0 Å². The maximum absolute atomic E-state index is 5.78. The van der Waals surface area contributed by atoms with Crippen LogP contribution in [0.1, 0.15) is 5.56 Å². The fourth-order valence-electron chi connectivity index (χ4n) is 1.51. The van der Waals surface area contributed by atoms with Crippen LogP contribution in [0.3, 0.4) is 0 Å². The lowest BCUT2D eigenvalue weighted by atomic mass is 10.1. The van der Waals surface area contributed by atoms with Crippen molar-refractivity contribution < 1.29 is 0 Å². The first kappa shape index (κ1) is 11.9. The number of aryl methyl sites for hydroxylation is 1. The first-order chi connectivity index (χ1) is 7.00. The molecule has 0 fully saturated rings. The van der Waals surface area contributed by atoms with Crippen LogP contribution in [0.15, 0.2) is 18.2 Å². The Morgan fingerprint density at radius 2 is 1.80 bits per heavy atom. The maximum Gasteiger partial charge on any atom is 0.0414 e. The molecule has 84 valence electrons. The Morgan fingerprint density at radius 1 is 1.13 bits per heavy atom. The highest BCUT2D eigenvalue weighted by Gasteiger charge is 2.04. The van der Waals surface area contributed by atoms with Crippen LogP contribution in [-0.4, -0.2) is 39.1 Å². The monoisotopic (exact) mass is 207 g/mol. The van der Waals surface area contributed by atoms with E-state index in [0.717, 1.165) is 18.8 Å². The summed E-state index contributed by atoms with van der Waals surface area (Å²) in [6.45, 7) is 4.17. The van der Waals surface area contributed by atoms with E-state index in [4.69, 9.17) is 5.73 Å². The molecule has 3 nitrogen and oxygen atoms in total. The molecule has 0 saturated carbocycles. The third-order valence-electron chi connectivity index (χ3n) is 2.53. The van der Waals surface area contributed by atoms with Crippen LogP contribution in [0, 0.1) is 6.92 Å². The zero-order chi connectivity index (χ0) is 11.4. The number of nitrogen functional groups attached to an aromatic ring is 1. The molecule has 0 bridgehead atoms. The molecule has 0 spiro atoms. The maximum atomic E-state index is 5.78. The molecule has 1 aromatic carbocycles. The Balaban J connectivity index is 2.72.